The van der Waals surface area contributed by atoms with Gasteiger partial charge in [-0.3, -0.25) is 0 Å². The molecular formula is C13H23N3O3. The lowest BCUT2D eigenvalue weighted by Gasteiger charge is -2.33. The molecule has 2 heterocycles. The molecule has 2 aliphatic heterocycles. The van der Waals surface area contributed by atoms with Crippen molar-refractivity contribution < 1.29 is 14.7 Å². The summed E-state index contributed by atoms with van der Waals surface area (Å²) in [5, 5.41) is 9.17. The molecule has 2 aliphatic rings. The molecule has 0 aromatic carbocycles. The number of carboxylic acid groups (broad SMARTS) is 1. The molecule has 0 bridgehead atoms. The van der Waals surface area contributed by atoms with Crippen molar-refractivity contribution in [3.8, 4) is 0 Å². The first-order chi connectivity index (χ1) is 9.00. The number of carbonyl (C=O) groups excluding carboxylic acids is 1. The predicted octanol–water partition coefficient (Wildman–Crippen LogP) is 0.681. The Morgan fingerprint density at radius 1 is 1.11 bits per heavy atom. The number of hydrogen-bond donors (Lipinski definition) is 1. The minimum Gasteiger partial charge on any atom is -0.480 e. The third-order valence-corrected chi connectivity index (χ3v) is 4.08. The number of aliphatic carboxylic acids is 1. The summed E-state index contributed by atoms with van der Waals surface area (Å²) in [5.41, 5.74) is 0. The maximum Gasteiger partial charge on any atom is 0.326 e. The van der Waals surface area contributed by atoms with E-state index in [4.69, 9.17) is 0 Å². The molecule has 2 rings (SSSR count). The van der Waals surface area contributed by atoms with Crippen molar-refractivity contribution in [2.24, 2.45) is 0 Å². The van der Waals surface area contributed by atoms with Gasteiger partial charge in [-0.25, -0.2) is 9.59 Å². The molecule has 0 radical (unpaired) electrons. The van der Waals surface area contributed by atoms with Crippen molar-refractivity contribution in [1.29, 1.82) is 0 Å². The molecule has 2 saturated heterocycles. The van der Waals surface area contributed by atoms with E-state index in [9.17, 15) is 14.7 Å². The van der Waals surface area contributed by atoms with Crippen LogP contribution in [0.15, 0.2) is 0 Å². The third kappa shape index (κ3) is 3.00. The fourth-order valence-corrected chi connectivity index (χ4v) is 3.07. The molecule has 0 aliphatic carbocycles. The molecule has 1 unspecified atom stereocenters. The third-order valence-electron chi connectivity index (χ3n) is 4.08. The Labute approximate surface area is 114 Å². The van der Waals surface area contributed by atoms with E-state index in [2.05, 4.69) is 11.9 Å². The van der Waals surface area contributed by atoms with Gasteiger partial charge in [0.15, 0.2) is 0 Å². The molecule has 0 aromatic rings. The van der Waals surface area contributed by atoms with Crippen LogP contribution in [0.5, 0.6) is 0 Å². The first-order valence-electron chi connectivity index (χ1n) is 6.99. The van der Waals surface area contributed by atoms with Crippen molar-refractivity contribution in [1.82, 2.24) is 14.7 Å². The smallest absolute Gasteiger partial charge is 0.326 e. The number of nitrogens with zero attached hydrogens (tertiary/aromatic N) is 3. The zero-order valence-corrected chi connectivity index (χ0v) is 11.7. The highest BCUT2D eigenvalue weighted by Gasteiger charge is 2.37. The van der Waals surface area contributed by atoms with Crippen LogP contribution in [-0.4, -0.2) is 77.1 Å². The number of rotatable bonds is 1. The average molecular weight is 269 g/mol. The van der Waals surface area contributed by atoms with E-state index < -0.39 is 12.0 Å². The second-order valence-corrected chi connectivity index (χ2v) is 5.63. The van der Waals surface area contributed by atoms with E-state index in [0.29, 0.717) is 19.5 Å². The van der Waals surface area contributed by atoms with Gasteiger partial charge < -0.3 is 19.8 Å². The Morgan fingerprint density at radius 2 is 1.79 bits per heavy atom. The Kier molecular flexibility index (Phi) is 4.29. The molecule has 0 aromatic heterocycles. The molecule has 2 fully saturated rings. The SMILES string of the molecule is CC1CN(C)CCCN1C(=O)N1CCC[C@H]1C(=O)O. The highest BCUT2D eigenvalue weighted by Crippen LogP contribution is 2.21. The van der Waals surface area contributed by atoms with Crippen LogP contribution in [-0.2, 0) is 4.79 Å². The number of hydrogen-bond acceptors (Lipinski definition) is 3. The Balaban J connectivity index is 2.07. The molecule has 108 valence electrons. The van der Waals surface area contributed by atoms with Gasteiger partial charge in [-0.2, -0.15) is 0 Å². The first-order valence-corrected chi connectivity index (χ1v) is 6.99. The van der Waals surface area contributed by atoms with Crippen LogP contribution < -0.4 is 0 Å². The summed E-state index contributed by atoms with van der Waals surface area (Å²) in [6, 6.07) is -0.608. The highest BCUT2D eigenvalue weighted by atomic mass is 16.4. The van der Waals surface area contributed by atoms with Crippen LogP contribution in [0.2, 0.25) is 0 Å². The van der Waals surface area contributed by atoms with E-state index >= 15 is 0 Å². The second-order valence-electron chi connectivity index (χ2n) is 5.63. The standard InChI is InChI=1S/C13H23N3O3/c1-10-9-14(2)6-4-8-15(10)13(19)16-7-3-5-11(16)12(17)18/h10-11H,3-9H2,1-2H3,(H,17,18)/t10?,11-/m0/s1. The first kappa shape index (κ1) is 14.1. The molecule has 2 atom stereocenters. The largest absolute Gasteiger partial charge is 0.480 e. The van der Waals surface area contributed by atoms with Crippen molar-refractivity contribution >= 4 is 12.0 Å². The minimum absolute atomic E-state index is 0.104. The van der Waals surface area contributed by atoms with Gasteiger partial charge in [0.25, 0.3) is 0 Å². The summed E-state index contributed by atoms with van der Waals surface area (Å²) in [6.45, 7) is 5.14. The quantitative estimate of drug-likeness (QED) is 0.760. The maximum atomic E-state index is 12.6. The molecule has 2 amide bonds. The summed E-state index contributed by atoms with van der Waals surface area (Å²) >= 11 is 0. The zero-order chi connectivity index (χ0) is 14.0. The van der Waals surface area contributed by atoms with E-state index in [1.165, 1.54) is 4.90 Å². The Hall–Kier alpha value is -1.30. The summed E-state index contributed by atoms with van der Waals surface area (Å²) in [5.74, 6) is -0.884. The minimum atomic E-state index is -0.884. The second kappa shape index (κ2) is 5.77. The fourth-order valence-electron chi connectivity index (χ4n) is 3.07. The Bertz CT molecular complexity index is 361. The van der Waals surface area contributed by atoms with Crippen LogP contribution in [0.4, 0.5) is 4.79 Å². The van der Waals surface area contributed by atoms with E-state index in [-0.39, 0.29) is 12.1 Å². The monoisotopic (exact) mass is 269 g/mol. The Morgan fingerprint density at radius 3 is 2.47 bits per heavy atom. The van der Waals surface area contributed by atoms with Crippen molar-refractivity contribution in [3.63, 3.8) is 0 Å². The van der Waals surface area contributed by atoms with Crippen molar-refractivity contribution in [3.05, 3.63) is 0 Å². The number of carbonyl (C=O) groups is 2. The van der Waals surface area contributed by atoms with Gasteiger partial charge in [0.2, 0.25) is 0 Å². The van der Waals surface area contributed by atoms with E-state index in [1.807, 2.05) is 11.8 Å². The van der Waals surface area contributed by atoms with Crippen LogP contribution in [0.1, 0.15) is 26.2 Å². The van der Waals surface area contributed by atoms with Crippen LogP contribution in [0.25, 0.3) is 0 Å². The fraction of sp³-hybridized carbons (Fsp3) is 0.846. The molecule has 19 heavy (non-hydrogen) atoms. The van der Waals surface area contributed by atoms with Crippen LogP contribution in [0, 0.1) is 0 Å². The van der Waals surface area contributed by atoms with E-state index in [1.54, 1.807) is 0 Å². The maximum absolute atomic E-state index is 12.6. The van der Waals surface area contributed by atoms with Gasteiger partial charge in [0.1, 0.15) is 6.04 Å². The van der Waals surface area contributed by atoms with Gasteiger partial charge in [0, 0.05) is 25.7 Å². The number of carboxylic acids is 1. The lowest BCUT2D eigenvalue weighted by atomic mass is 10.2. The molecule has 0 spiro atoms. The molecular weight excluding hydrogens is 246 g/mol. The van der Waals surface area contributed by atoms with Gasteiger partial charge in [-0.1, -0.05) is 0 Å². The zero-order valence-electron chi connectivity index (χ0n) is 11.7. The highest BCUT2D eigenvalue weighted by molar-refractivity contribution is 5.83. The van der Waals surface area contributed by atoms with Crippen LogP contribution >= 0.6 is 0 Å². The lowest BCUT2D eigenvalue weighted by molar-refractivity contribution is -0.141. The number of urea groups is 1. The van der Waals surface area contributed by atoms with Crippen molar-refractivity contribution in [2.75, 3.05) is 33.2 Å². The summed E-state index contributed by atoms with van der Waals surface area (Å²) in [4.78, 5) is 29.3. The molecule has 1 N–H and O–H groups in total. The normalized spacial score (nSPS) is 29.4. The molecule has 0 saturated carbocycles. The average Bonchev–Trinajstić information content (AvgIpc) is 2.76. The summed E-state index contributed by atoms with van der Waals surface area (Å²) < 4.78 is 0. The molecule has 6 heteroatoms. The van der Waals surface area contributed by atoms with Gasteiger partial charge >= 0.3 is 12.0 Å². The lowest BCUT2D eigenvalue weighted by Crippen LogP contribution is -2.52. The van der Waals surface area contributed by atoms with Gasteiger partial charge in [0.05, 0.1) is 0 Å². The molecule has 6 nitrogen and oxygen atoms in total. The van der Waals surface area contributed by atoms with E-state index in [0.717, 1.165) is 25.9 Å². The number of likely N-dealkylation sites (N-methyl/N-ethyl adjacent to an activating group) is 1. The summed E-state index contributed by atoms with van der Waals surface area (Å²) in [6.07, 6.45) is 2.30. The topological polar surface area (TPSA) is 64.1 Å². The summed E-state index contributed by atoms with van der Waals surface area (Å²) in [7, 11) is 2.06. The van der Waals surface area contributed by atoms with Crippen LogP contribution in [0.3, 0.4) is 0 Å². The number of likely N-dealkylation sites (tertiary alicyclic amines) is 1. The van der Waals surface area contributed by atoms with Crippen molar-refractivity contribution in [2.45, 2.75) is 38.3 Å². The number of amides is 2. The predicted molar refractivity (Wildman–Crippen MR) is 71.0 cm³/mol. The van der Waals surface area contributed by atoms with Gasteiger partial charge in [-0.05, 0) is 39.8 Å². The van der Waals surface area contributed by atoms with Gasteiger partial charge in [-0.15, -0.1) is 0 Å².